The van der Waals surface area contributed by atoms with Gasteiger partial charge in [0.15, 0.2) is 0 Å². The first-order chi connectivity index (χ1) is 9.47. The molecule has 2 rings (SSSR count). The molecule has 0 heterocycles. The van der Waals surface area contributed by atoms with Crippen LogP contribution < -0.4 is 4.83 Å². The van der Waals surface area contributed by atoms with E-state index in [1.165, 1.54) is 30.5 Å². The minimum Gasteiger partial charge on any atom is -0.508 e. The molecule has 0 fully saturated rings. The minimum atomic E-state index is -3.67. The van der Waals surface area contributed by atoms with Crippen molar-refractivity contribution in [2.45, 2.75) is 11.8 Å². The van der Waals surface area contributed by atoms with Crippen molar-refractivity contribution in [1.29, 1.82) is 0 Å². The Hall–Kier alpha value is -2.34. The minimum absolute atomic E-state index is 0.0929. The lowest BCUT2D eigenvalue weighted by Crippen LogP contribution is -2.18. The fourth-order valence-electron chi connectivity index (χ4n) is 1.55. The second kappa shape index (κ2) is 5.75. The molecule has 0 aliphatic rings. The molecular weight excluding hydrogens is 276 g/mol. The number of nitrogens with zero attached hydrogens (tertiary/aromatic N) is 1. The van der Waals surface area contributed by atoms with E-state index in [9.17, 15) is 13.5 Å². The topological polar surface area (TPSA) is 78.8 Å². The van der Waals surface area contributed by atoms with Crippen LogP contribution in [0.5, 0.6) is 5.75 Å². The van der Waals surface area contributed by atoms with Crippen molar-refractivity contribution in [2.24, 2.45) is 5.10 Å². The van der Waals surface area contributed by atoms with Crippen molar-refractivity contribution >= 4 is 16.2 Å². The maximum absolute atomic E-state index is 11.9. The number of aryl methyl sites for hydroxylation is 1. The molecule has 0 atom stereocenters. The molecule has 0 amide bonds. The standard InChI is InChI=1S/C14H14N2O3S/c1-11-5-7-14(8-6-11)20(18,19)16-15-10-12-3-2-4-13(17)9-12/h2-10,16-17H,1H3. The lowest BCUT2D eigenvalue weighted by atomic mass is 10.2. The van der Waals surface area contributed by atoms with Gasteiger partial charge in [-0.15, -0.1) is 0 Å². The number of benzene rings is 2. The van der Waals surface area contributed by atoms with Crippen LogP contribution in [0, 0.1) is 6.92 Å². The molecule has 0 spiro atoms. The van der Waals surface area contributed by atoms with E-state index >= 15 is 0 Å². The van der Waals surface area contributed by atoms with Crippen LogP contribution in [0.3, 0.4) is 0 Å². The first-order valence-electron chi connectivity index (χ1n) is 5.88. The summed E-state index contributed by atoms with van der Waals surface area (Å²) in [6.07, 6.45) is 1.32. The third-order valence-corrected chi connectivity index (χ3v) is 3.83. The Labute approximate surface area is 117 Å². The van der Waals surface area contributed by atoms with Gasteiger partial charge in [-0.2, -0.15) is 13.5 Å². The molecule has 0 saturated heterocycles. The van der Waals surface area contributed by atoms with Gasteiger partial charge in [-0.25, -0.2) is 4.83 Å². The third-order valence-electron chi connectivity index (χ3n) is 2.59. The molecule has 0 unspecified atom stereocenters. The molecule has 0 aliphatic heterocycles. The van der Waals surface area contributed by atoms with Crippen LogP contribution in [0.2, 0.25) is 0 Å². The number of rotatable bonds is 4. The van der Waals surface area contributed by atoms with Crippen molar-refractivity contribution in [3.8, 4) is 5.75 Å². The zero-order chi connectivity index (χ0) is 14.6. The summed E-state index contributed by atoms with van der Waals surface area (Å²) in [6.45, 7) is 1.88. The van der Waals surface area contributed by atoms with E-state index in [0.29, 0.717) is 5.56 Å². The van der Waals surface area contributed by atoms with Gasteiger partial charge in [0, 0.05) is 0 Å². The Morgan fingerprint density at radius 2 is 1.85 bits per heavy atom. The Morgan fingerprint density at radius 1 is 1.15 bits per heavy atom. The second-order valence-corrected chi connectivity index (χ2v) is 5.92. The number of phenolic OH excluding ortho intramolecular Hbond substituents is 1. The van der Waals surface area contributed by atoms with Crippen molar-refractivity contribution in [3.63, 3.8) is 0 Å². The normalized spacial score (nSPS) is 11.7. The molecule has 2 N–H and O–H groups in total. The average molecular weight is 290 g/mol. The average Bonchev–Trinajstić information content (AvgIpc) is 2.39. The summed E-state index contributed by atoms with van der Waals surface area (Å²) < 4.78 is 23.9. The summed E-state index contributed by atoms with van der Waals surface area (Å²) in [5, 5.41) is 13.0. The van der Waals surface area contributed by atoms with E-state index < -0.39 is 10.0 Å². The van der Waals surface area contributed by atoms with E-state index in [-0.39, 0.29) is 10.6 Å². The van der Waals surface area contributed by atoms with Crippen LogP contribution in [0.25, 0.3) is 0 Å². The summed E-state index contributed by atoms with van der Waals surface area (Å²) in [5.74, 6) is 0.0929. The van der Waals surface area contributed by atoms with Crippen LogP contribution in [0.15, 0.2) is 58.5 Å². The highest BCUT2D eigenvalue weighted by Gasteiger charge is 2.11. The molecule has 5 nitrogen and oxygen atoms in total. The number of nitrogens with one attached hydrogen (secondary N) is 1. The van der Waals surface area contributed by atoms with Gasteiger partial charge in [-0.3, -0.25) is 0 Å². The zero-order valence-corrected chi connectivity index (χ0v) is 11.6. The van der Waals surface area contributed by atoms with Gasteiger partial charge >= 0.3 is 0 Å². The van der Waals surface area contributed by atoms with Crippen molar-refractivity contribution in [1.82, 2.24) is 4.83 Å². The molecule has 2 aromatic rings. The predicted molar refractivity (Wildman–Crippen MR) is 77.2 cm³/mol. The summed E-state index contributed by atoms with van der Waals surface area (Å²) in [5.41, 5.74) is 1.57. The maximum atomic E-state index is 11.9. The first kappa shape index (κ1) is 14.1. The van der Waals surface area contributed by atoms with Crippen LogP contribution in [-0.4, -0.2) is 19.7 Å². The Balaban J connectivity index is 2.11. The maximum Gasteiger partial charge on any atom is 0.276 e. The molecule has 6 heteroatoms. The number of hydrazone groups is 1. The number of hydrogen-bond donors (Lipinski definition) is 2. The Kier molecular flexibility index (Phi) is 4.05. The molecule has 0 saturated carbocycles. The number of sulfonamides is 1. The fourth-order valence-corrected chi connectivity index (χ4v) is 2.34. The number of hydrogen-bond acceptors (Lipinski definition) is 4. The third kappa shape index (κ3) is 3.58. The molecule has 0 aliphatic carbocycles. The highest BCUT2D eigenvalue weighted by Crippen LogP contribution is 2.10. The number of aromatic hydroxyl groups is 1. The van der Waals surface area contributed by atoms with Gasteiger partial charge in [0.05, 0.1) is 11.1 Å². The number of phenols is 1. The highest BCUT2D eigenvalue weighted by atomic mass is 32.2. The first-order valence-corrected chi connectivity index (χ1v) is 7.36. The fraction of sp³-hybridized carbons (Fsp3) is 0.0714. The smallest absolute Gasteiger partial charge is 0.276 e. The summed E-state index contributed by atoms with van der Waals surface area (Å²) in [6, 6.07) is 12.8. The van der Waals surface area contributed by atoms with E-state index in [1.54, 1.807) is 24.3 Å². The predicted octanol–water partition coefficient (Wildman–Crippen LogP) is 2.01. The molecule has 0 aromatic heterocycles. The van der Waals surface area contributed by atoms with E-state index in [0.717, 1.165) is 5.56 Å². The Bertz CT molecular complexity index is 722. The van der Waals surface area contributed by atoms with E-state index in [4.69, 9.17) is 0 Å². The van der Waals surface area contributed by atoms with Crippen LogP contribution >= 0.6 is 0 Å². The molecule has 104 valence electrons. The molecule has 0 radical (unpaired) electrons. The van der Waals surface area contributed by atoms with Gasteiger partial charge in [0.25, 0.3) is 10.0 Å². The van der Waals surface area contributed by atoms with E-state index in [2.05, 4.69) is 9.93 Å². The second-order valence-electron chi connectivity index (χ2n) is 4.26. The van der Waals surface area contributed by atoms with Gasteiger partial charge in [-0.05, 0) is 36.8 Å². The molecule has 0 bridgehead atoms. The van der Waals surface area contributed by atoms with Crippen molar-refractivity contribution in [3.05, 3.63) is 59.7 Å². The quantitative estimate of drug-likeness (QED) is 0.668. The monoisotopic (exact) mass is 290 g/mol. The lowest BCUT2D eigenvalue weighted by Gasteiger charge is -2.03. The SMILES string of the molecule is Cc1ccc(S(=O)(=O)NN=Cc2cccc(O)c2)cc1. The van der Waals surface area contributed by atoms with Crippen LogP contribution in [0.1, 0.15) is 11.1 Å². The van der Waals surface area contributed by atoms with Gasteiger partial charge in [0.2, 0.25) is 0 Å². The van der Waals surface area contributed by atoms with Gasteiger partial charge < -0.3 is 5.11 Å². The summed E-state index contributed by atoms with van der Waals surface area (Å²) in [7, 11) is -3.67. The summed E-state index contributed by atoms with van der Waals surface area (Å²) >= 11 is 0. The molecular formula is C14H14N2O3S. The molecule has 2 aromatic carbocycles. The Morgan fingerprint density at radius 3 is 2.50 bits per heavy atom. The van der Waals surface area contributed by atoms with Gasteiger partial charge in [0.1, 0.15) is 5.75 Å². The summed E-state index contributed by atoms with van der Waals surface area (Å²) in [4.78, 5) is 2.27. The highest BCUT2D eigenvalue weighted by molar-refractivity contribution is 7.89. The van der Waals surface area contributed by atoms with Crippen LogP contribution in [0.4, 0.5) is 0 Å². The van der Waals surface area contributed by atoms with E-state index in [1.807, 2.05) is 6.92 Å². The zero-order valence-electron chi connectivity index (χ0n) is 10.8. The molecule has 20 heavy (non-hydrogen) atoms. The van der Waals surface area contributed by atoms with Gasteiger partial charge in [-0.1, -0.05) is 29.8 Å². The largest absolute Gasteiger partial charge is 0.508 e. The lowest BCUT2D eigenvalue weighted by molar-refractivity contribution is 0.475. The van der Waals surface area contributed by atoms with Crippen molar-refractivity contribution in [2.75, 3.05) is 0 Å². The van der Waals surface area contributed by atoms with Crippen molar-refractivity contribution < 1.29 is 13.5 Å². The van der Waals surface area contributed by atoms with Crippen LogP contribution in [-0.2, 0) is 10.0 Å².